The van der Waals surface area contributed by atoms with Crippen molar-refractivity contribution in [1.29, 1.82) is 5.26 Å². The van der Waals surface area contributed by atoms with Gasteiger partial charge in [-0.2, -0.15) is 5.26 Å². The minimum Gasteiger partial charge on any atom is -0.481 e. The number of nitrogens with zero attached hydrogens (tertiary/aromatic N) is 1. The SMILES string of the molecule is CC(=O)Nc1ccc(S(=O)(=O)NNC(=O)[C@H](C)Oc2ccc(C#N)cc2)cc1. The lowest BCUT2D eigenvalue weighted by Crippen LogP contribution is -2.47. The van der Waals surface area contributed by atoms with Crippen molar-refractivity contribution in [3.63, 3.8) is 0 Å². The van der Waals surface area contributed by atoms with Crippen LogP contribution in [-0.2, 0) is 19.6 Å². The van der Waals surface area contributed by atoms with E-state index in [4.69, 9.17) is 10.00 Å². The molecule has 0 aromatic heterocycles. The zero-order chi connectivity index (χ0) is 20.7. The molecule has 146 valence electrons. The van der Waals surface area contributed by atoms with Crippen molar-refractivity contribution < 1.29 is 22.7 Å². The van der Waals surface area contributed by atoms with E-state index in [1.165, 1.54) is 62.4 Å². The third kappa shape index (κ3) is 5.80. The molecule has 0 bridgehead atoms. The Labute approximate surface area is 162 Å². The highest BCUT2D eigenvalue weighted by Crippen LogP contribution is 2.15. The number of carbonyl (C=O) groups is 2. The molecule has 0 spiro atoms. The van der Waals surface area contributed by atoms with Gasteiger partial charge in [0.05, 0.1) is 16.5 Å². The van der Waals surface area contributed by atoms with Gasteiger partial charge >= 0.3 is 0 Å². The van der Waals surface area contributed by atoms with E-state index in [0.29, 0.717) is 17.0 Å². The minimum absolute atomic E-state index is 0.0948. The number of rotatable bonds is 7. The molecule has 2 aromatic rings. The normalized spacial score (nSPS) is 11.8. The van der Waals surface area contributed by atoms with Crippen molar-refractivity contribution in [3.8, 4) is 11.8 Å². The fourth-order valence-electron chi connectivity index (χ4n) is 2.06. The molecule has 0 aliphatic rings. The number of hydrogen-bond donors (Lipinski definition) is 3. The van der Waals surface area contributed by atoms with E-state index in [9.17, 15) is 18.0 Å². The first kappa shape index (κ1) is 20.9. The summed E-state index contributed by atoms with van der Waals surface area (Å²) in [4.78, 5) is 24.9. The van der Waals surface area contributed by atoms with Crippen LogP contribution in [0.1, 0.15) is 19.4 Å². The first-order chi connectivity index (χ1) is 13.2. The lowest BCUT2D eigenvalue weighted by molar-refractivity contribution is -0.127. The average Bonchev–Trinajstić information content (AvgIpc) is 2.66. The lowest BCUT2D eigenvalue weighted by Gasteiger charge is -2.15. The Balaban J connectivity index is 1.94. The highest BCUT2D eigenvalue weighted by atomic mass is 32.2. The Morgan fingerprint density at radius 1 is 1.07 bits per heavy atom. The highest BCUT2D eigenvalue weighted by molar-refractivity contribution is 7.89. The Kier molecular flexibility index (Phi) is 6.70. The van der Waals surface area contributed by atoms with Gasteiger partial charge in [0.25, 0.3) is 15.9 Å². The van der Waals surface area contributed by atoms with Crippen molar-refractivity contribution in [1.82, 2.24) is 10.3 Å². The summed E-state index contributed by atoms with van der Waals surface area (Å²) < 4.78 is 29.9. The third-order valence-corrected chi connectivity index (χ3v) is 4.72. The number of anilines is 1. The standard InChI is InChI=1S/C18H18N4O5S/c1-12(27-16-7-3-14(11-19)4-8-16)18(24)21-22-28(25,26)17-9-5-15(6-10-17)20-13(2)23/h3-10,12,22H,1-2H3,(H,20,23)(H,21,24)/t12-/m0/s1. The molecule has 0 unspecified atom stereocenters. The van der Waals surface area contributed by atoms with E-state index in [2.05, 4.69) is 10.7 Å². The van der Waals surface area contributed by atoms with Gasteiger partial charge in [-0.05, 0) is 55.5 Å². The number of hydrazine groups is 1. The smallest absolute Gasteiger partial charge is 0.275 e. The van der Waals surface area contributed by atoms with Crippen LogP contribution < -0.4 is 20.3 Å². The van der Waals surface area contributed by atoms with Crippen LogP contribution in [0.5, 0.6) is 5.75 Å². The Morgan fingerprint density at radius 3 is 2.21 bits per heavy atom. The van der Waals surface area contributed by atoms with Crippen LogP contribution in [0.3, 0.4) is 0 Å². The molecule has 0 saturated carbocycles. The first-order valence-corrected chi connectivity index (χ1v) is 9.56. The molecular formula is C18H18N4O5S. The number of nitrogens with one attached hydrogen (secondary N) is 3. The van der Waals surface area contributed by atoms with E-state index in [1.54, 1.807) is 0 Å². The summed E-state index contributed by atoms with van der Waals surface area (Å²) >= 11 is 0. The summed E-state index contributed by atoms with van der Waals surface area (Å²) in [6.07, 6.45) is -0.988. The van der Waals surface area contributed by atoms with Crippen molar-refractivity contribution in [3.05, 3.63) is 54.1 Å². The van der Waals surface area contributed by atoms with Crippen LogP contribution in [0.2, 0.25) is 0 Å². The molecule has 3 N–H and O–H groups in total. The zero-order valence-corrected chi connectivity index (χ0v) is 15.9. The van der Waals surface area contributed by atoms with E-state index in [0.717, 1.165) is 0 Å². The lowest BCUT2D eigenvalue weighted by atomic mass is 10.2. The van der Waals surface area contributed by atoms with Crippen LogP contribution >= 0.6 is 0 Å². The van der Waals surface area contributed by atoms with E-state index >= 15 is 0 Å². The molecule has 0 aliphatic carbocycles. The number of amides is 2. The molecule has 10 heteroatoms. The van der Waals surface area contributed by atoms with Crippen LogP contribution in [0.25, 0.3) is 0 Å². The number of nitriles is 1. The van der Waals surface area contributed by atoms with Gasteiger partial charge in [-0.1, -0.05) is 0 Å². The molecule has 0 radical (unpaired) electrons. The molecule has 28 heavy (non-hydrogen) atoms. The predicted octanol–water partition coefficient (Wildman–Crippen LogP) is 1.29. The second-order valence-corrected chi connectivity index (χ2v) is 7.38. The van der Waals surface area contributed by atoms with Crippen LogP contribution in [-0.4, -0.2) is 26.3 Å². The van der Waals surface area contributed by atoms with Gasteiger partial charge in [0.15, 0.2) is 6.10 Å². The number of carbonyl (C=O) groups excluding carboxylic acids is 2. The van der Waals surface area contributed by atoms with Crippen LogP contribution in [0, 0.1) is 11.3 Å². The van der Waals surface area contributed by atoms with E-state index < -0.39 is 22.0 Å². The van der Waals surface area contributed by atoms with Crippen LogP contribution in [0.15, 0.2) is 53.4 Å². The number of benzene rings is 2. The molecule has 0 fully saturated rings. The van der Waals surface area contributed by atoms with Crippen molar-refractivity contribution in [2.24, 2.45) is 0 Å². The van der Waals surface area contributed by atoms with Crippen molar-refractivity contribution in [2.75, 3.05) is 5.32 Å². The van der Waals surface area contributed by atoms with Gasteiger partial charge in [0.2, 0.25) is 5.91 Å². The van der Waals surface area contributed by atoms with E-state index in [-0.39, 0.29) is 10.8 Å². The van der Waals surface area contributed by atoms with E-state index in [1.807, 2.05) is 10.9 Å². The summed E-state index contributed by atoms with van der Waals surface area (Å²) in [5.41, 5.74) is 2.98. The molecule has 2 aromatic carbocycles. The fraction of sp³-hybridized carbons (Fsp3) is 0.167. The monoisotopic (exact) mass is 402 g/mol. The molecule has 0 saturated heterocycles. The first-order valence-electron chi connectivity index (χ1n) is 8.07. The number of hydrogen-bond acceptors (Lipinski definition) is 6. The summed E-state index contributed by atoms with van der Waals surface area (Å²) in [5, 5.41) is 11.3. The summed E-state index contributed by atoms with van der Waals surface area (Å²) in [5.74, 6) is -0.627. The summed E-state index contributed by atoms with van der Waals surface area (Å²) in [7, 11) is -4.00. The number of ether oxygens (including phenoxy) is 1. The highest BCUT2D eigenvalue weighted by Gasteiger charge is 2.19. The molecular weight excluding hydrogens is 384 g/mol. The fourth-order valence-corrected chi connectivity index (χ4v) is 2.91. The third-order valence-electron chi connectivity index (χ3n) is 3.46. The van der Waals surface area contributed by atoms with Crippen molar-refractivity contribution >= 4 is 27.5 Å². The second kappa shape index (κ2) is 8.98. The molecule has 2 amide bonds. The topological polar surface area (TPSA) is 137 Å². The van der Waals surface area contributed by atoms with Crippen molar-refractivity contribution in [2.45, 2.75) is 24.8 Å². The number of sulfonamides is 1. The molecule has 0 heterocycles. The molecule has 2 rings (SSSR count). The quantitative estimate of drug-likeness (QED) is 0.597. The maximum atomic E-state index is 12.2. The Bertz CT molecular complexity index is 996. The van der Waals surface area contributed by atoms with Gasteiger partial charge in [-0.25, -0.2) is 8.42 Å². The summed E-state index contributed by atoms with van der Waals surface area (Å²) in [6, 6.07) is 13.5. The molecule has 9 nitrogen and oxygen atoms in total. The van der Waals surface area contributed by atoms with Gasteiger partial charge in [0.1, 0.15) is 5.75 Å². The maximum absolute atomic E-state index is 12.2. The second-order valence-electron chi connectivity index (χ2n) is 5.70. The average molecular weight is 402 g/mol. The van der Waals surface area contributed by atoms with Gasteiger partial charge in [-0.15, -0.1) is 4.83 Å². The maximum Gasteiger partial charge on any atom is 0.275 e. The Hall–Kier alpha value is -3.42. The van der Waals surface area contributed by atoms with Gasteiger partial charge in [-0.3, -0.25) is 15.0 Å². The predicted molar refractivity (Wildman–Crippen MR) is 100 cm³/mol. The summed E-state index contributed by atoms with van der Waals surface area (Å²) in [6.45, 7) is 2.78. The molecule has 0 aliphatic heterocycles. The minimum atomic E-state index is -4.00. The zero-order valence-electron chi connectivity index (χ0n) is 15.1. The Morgan fingerprint density at radius 2 is 1.68 bits per heavy atom. The van der Waals surface area contributed by atoms with Gasteiger partial charge < -0.3 is 10.1 Å². The largest absolute Gasteiger partial charge is 0.481 e. The molecule has 1 atom stereocenters. The van der Waals surface area contributed by atoms with Crippen LogP contribution in [0.4, 0.5) is 5.69 Å². The van der Waals surface area contributed by atoms with Gasteiger partial charge in [0, 0.05) is 12.6 Å².